The highest BCUT2D eigenvalue weighted by Crippen LogP contribution is 2.20. The van der Waals surface area contributed by atoms with Crippen LogP contribution in [-0.4, -0.2) is 48.7 Å². The molecule has 2 N–H and O–H groups in total. The molecule has 126 valence electrons. The number of nitrogens with one attached hydrogen (secondary N) is 2. The summed E-state index contributed by atoms with van der Waals surface area (Å²) in [6.07, 6.45) is 5.20. The lowest BCUT2D eigenvalue weighted by Crippen LogP contribution is -2.49. The van der Waals surface area contributed by atoms with Gasteiger partial charge < -0.3 is 15.0 Å². The average Bonchev–Trinajstić information content (AvgIpc) is 2.37. The maximum atomic E-state index is 12.0. The van der Waals surface area contributed by atoms with Crippen molar-refractivity contribution in [2.24, 2.45) is 4.99 Å². The minimum atomic E-state index is -0.470. The molecular formula is C15H28N4O3. The third-order valence-electron chi connectivity index (χ3n) is 3.12. The molecule has 0 saturated heterocycles. The molecule has 0 aromatic rings. The standard InChI is InChI=1S/C15H28N4O3/c1-15(2,3)18-12(20)16-13(17-14(21)19(4)5)22-11-9-7-6-8-10-11/h11H,6-10H2,1-5H3,(H2,16,17,18,20,21). The smallest absolute Gasteiger partial charge is 0.347 e. The van der Waals surface area contributed by atoms with Crippen molar-refractivity contribution in [3.05, 3.63) is 0 Å². The summed E-state index contributed by atoms with van der Waals surface area (Å²) < 4.78 is 5.73. The van der Waals surface area contributed by atoms with Gasteiger partial charge in [0, 0.05) is 19.6 Å². The highest BCUT2D eigenvalue weighted by Gasteiger charge is 2.21. The molecule has 0 atom stereocenters. The molecule has 0 unspecified atom stereocenters. The van der Waals surface area contributed by atoms with Crippen molar-refractivity contribution in [3.8, 4) is 0 Å². The quantitative estimate of drug-likeness (QED) is 0.576. The van der Waals surface area contributed by atoms with Gasteiger partial charge in [0.1, 0.15) is 6.10 Å². The molecule has 1 saturated carbocycles. The van der Waals surface area contributed by atoms with Crippen LogP contribution in [-0.2, 0) is 4.74 Å². The van der Waals surface area contributed by atoms with Crippen LogP contribution in [0.2, 0.25) is 0 Å². The lowest BCUT2D eigenvalue weighted by Gasteiger charge is -2.25. The van der Waals surface area contributed by atoms with Crippen LogP contribution >= 0.6 is 0 Å². The SMILES string of the molecule is CN(C)C(=O)N=C(NC(=O)NC(C)(C)C)OC1CCCCC1. The number of nitrogens with zero attached hydrogens (tertiary/aromatic N) is 2. The van der Waals surface area contributed by atoms with Gasteiger partial charge in [-0.2, -0.15) is 0 Å². The van der Waals surface area contributed by atoms with Crippen molar-refractivity contribution >= 4 is 18.1 Å². The highest BCUT2D eigenvalue weighted by molar-refractivity contribution is 5.98. The molecule has 7 heteroatoms. The summed E-state index contributed by atoms with van der Waals surface area (Å²) in [4.78, 5) is 28.9. The first kappa shape index (κ1) is 18.3. The Kier molecular flexibility index (Phi) is 6.64. The summed E-state index contributed by atoms with van der Waals surface area (Å²) in [7, 11) is 3.19. The van der Waals surface area contributed by atoms with Gasteiger partial charge in [-0.25, -0.2) is 9.59 Å². The molecule has 0 spiro atoms. The minimum absolute atomic E-state index is 0.00241. The second-order valence-corrected chi connectivity index (χ2v) is 6.80. The van der Waals surface area contributed by atoms with Crippen molar-refractivity contribution in [1.82, 2.24) is 15.5 Å². The summed E-state index contributed by atoms with van der Waals surface area (Å²) in [6.45, 7) is 5.61. The summed E-state index contributed by atoms with van der Waals surface area (Å²) in [6, 6.07) is -0.942. The molecule has 1 aliphatic rings. The van der Waals surface area contributed by atoms with E-state index < -0.39 is 12.1 Å². The van der Waals surface area contributed by atoms with E-state index in [1.54, 1.807) is 14.1 Å². The van der Waals surface area contributed by atoms with Crippen molar-refractivity contribution in [3.63, 3.8) is 0 Å². The van der Waals surface area contributed by atoms with Crippen LogP contribution in [0.3, 0.4) is 0 Å². The Bertz CT molecular complexity index is 421. The van der Waals surface area contributed by atoms with Gasteiger partial charge in [-0.1, -0.05) is 6.42 Å². The van der Waals surface area contributed by atoms with Crippen LogP contribution in [0.1, 0.15) is 52.9 Å². The van der Waals surface area contributed by atoms with Gasteiger partial charge >= 0.3 is 18.1 Å². The molecule has 0 aromatic heterocycles. The highest BCUT2D eigenvalue weighted by atomic mass is 16.5. The van der Waals surface area contributed by atoms with Crippen LogP contribution < -0.4 is 10.6 Å². The molecule has 22 heavy (non-hydrogen) atoms. The molecule has 0 heterocycles. The Balaban J connectivity index is 2.72. The number of rotatable bonds is 1. The predicted molar refractivity (Wildman–Crippen MR) is 85.9 cm³/mol. The molecule has 0 radical (unpaired) electrons. The van der Waals surface area contributed by atoms with Crippen LogP contribution in [0.25, 0.3) is 0 Å². The number of amides is 4. The predicted octanol–water partition coefficient (Wildman–Crippen LogP) is 2.47. The van der Waals surface area contributed by atoms with E-state index in [-0.39, 0.29) is 17.7 Å². The van der Waals surface area contributed by atoms with E-state index in [9.17, 15) is 9.59 Å². The summed E-state index contributed by atoms with van der Waals surface area (Å²) in [5.41, 5.74) is -0.383. The van der Waals surface area contributed by atoms with Crippen LogP contribution in [0.15, 0.2) is 4.99 Å². The molecule has 0 aliphatic heterocycles. The number of ether oxygens (including phenoxy) is 1. The Labute approximate surface area is 132 Å². The van der Waals surface area contributed by atoms with Gasteiger partial charge in [0.05, 0.1) is 0 Å². The monoisotopic (exact) mass is 312 g/mol. The first-order valence-corrected chi connectivity index (χ1v) is 7.73. The lowest BCUT2D eigenvalue weighted by atomic mass is 9.98. The van der Waals surface area contributed by atoms with Crippen molar-refractivity contribution in [2.45, 2.75) is 64.5 Å². The van der Waals surface area contributed by atoms with E-state index in [2.05, 4.69) is 15.6 Å². The van der Waals surface area contributed by atoms with Gasteiger partial charge in [-0.05, 0) is 46.5 Å². The summed E-state index contributed by atoms with van der Waals surface area (Å²) in [5.74, 6) is 0. The number of aliphatic imine (C=N–C) groups is 1. The lowest BCUT2D eigenvalue weighted by molar-refractivity contribution is 0.135. The van der Waals surface area contributed by atoms with Crippen LogP contribution in [0.4, 0.5) is 9.59 Å². The number of hydrogen-bond donors (Lipinski definition) is 2. The van der Waals surface area contributed by atoms with Crippen LogP contribution in [0, 0.1) is 0 Å². The fourth-order valence-corrected chi connectivity index (χ4v) is 2.08. The Morgan fingerprint density at radius 3 is 2.23 bits per heavy atom. The van der Waals surface area contributed by atoms with E-state index in [4.69, 9.17) is 4.74 Å². The maximum Gasteiger partial charge on any atom is 0.347 e. The fraction of sp³-hybridized carbons (Fsp3) is 0.800. The molecule has 7 nitrogen and oxygen atoms in total. The van der Waals surface area contributed by atoms with Crippen molar-refractivity contribution in [1.29, 1.82) is 0 Å². The molecule has 1 rings (SSSR count). The number of urea groups is 2. The normalized spacial score (nSPS) is 16.9. The van der Waals surface area contributed by atoms with E-state index in [1.165, 1.54) is 11.3 Å². The molecule has 0 bridgehead atoms. The topological polar surface area (TPSA) is 83.0 Å². The van der Waals surface area contributed by atoms with E-state index in [1.807, 2.05) is 20.8 Å². The zero-order valence-corrected chi connectivity index (χ0v) is 14.2. The zero-order chi connectivity index (χ0) is 16.8. The Morgan fingerprint density at radius 1 is 1.14 bits per heavy atom. The van der Waals surface area contributed by atoms with E-state index >= 15 is 0 Å². The molecule has 1 fully saturated rings. The number of hydrogen-bond acceptors (Lipinski definition) is 3. The second-order valence-electron chi connectivity index (χ2n) is 6.80. The van der Waals surface area contributed by atoms with E-state index in [0.717, 1.165) is 25.7 Å². The number of carbonyl (C=O) groups excluding carboxylic acids is 2. The molecular weight excluding hydrogens is 284 g/mol. The third kappa shape index (κ3) is 7.28. The van der Waals surface area contributed by atoms with Gasteiger partial charge in [0.15, 0.2) is 0 Å². The summed E-state index contributed by atoms with van der Waals surface area (Å²) >= 11 is 0. The zero-order valence-electron chi connectivity index (χ0n) is 14.2. The maximum absolute atomic E-state index is 12.0. The van der Waals surface area contributed by atoms with Crippen molar-refractivity contribution < 1.29 is 14.3 Å². The first-order chi connectivity index (χ1) is 10.2. The van der Waals surface area contributed by atoms with Gasteiger partial charge in [-0.3, -0.25) is 5.32 Å². The van der Waals surface area contributed by atoms with Gasteiger partial charge in [-0.15, -0.1) is 4.99 Å². The molecule has 0 aromatic carbocycles. The van der Waals surface area contributed by atoms with Gasteiger partial charge in [0.2, 0.25) is 0 Å². The summed E-state index contributed by atoms with van der Waals surface area (Å²) in [5, 5.41) is 5.29. The molecule has 1 aliphatic carbocycles. The Morgan fingerprint density at radius 2 is 1.73 bits per heavy atom. The number of amidine groups is 1. The number of carbonyl (C=O) groups is 2. The average molecular weight is 312 g/mol. The van der Waals surface area contributed by atoms with Gasteiger partial charge in [0.25, 0.3) is 0 Å². The van der Waals surface area contributed by atoms with Crippen LogP contribution in [0.5, 0.6) is 0 Å². The molecule has 4 amide bonds. The first-order valence-electron chi connectivity index (χ1n) is 7.73. The second kappa shape index (κ2) is 8.00. The Hall–Kier alpha value is -1.79. The largest absolute Gasteiger partial charge is 0.461 e. The van der Waals surface area contributed by atoms with Crippen molar-refractivity contribution in [2.75, 3.05) is 14.1 Å². The fourth-order valence-electron chi connectivity index (χ4n) is 2.08. The minimum Gasteiger partial charge on any atom is -0.461 e. The third-order valence-corrected chi connectivity index (χ3v) is 3.12. The van der Waals surface area contributed by atoms with E-state index in [0.29, 0.717) is 0 Å².